The zero-order valence-corrected chi connectivity index (χ0v) is 17.8. The Balaban J connectivity index is 1.34. The van der Waals surface area contributed by atoms with Gasteiger partial charge in [0.15, 0.2) is 0 Å². The van der Waals surface area contributed by atoms with E-state index in [1.165, 1.54) is 22.3 Å². The number of carbonyl (C=O) groups excluding carboxylic acids is 1. The Kier molecular flexibility index (Phi) is 6.18. The van der Waals surface area contributed by atoms with Crippen molar-refractivity contribution < 1.29 is 14.6 Å². The first-order valence-corrected chi connectivity index (χ1v) is 10.4. The number of carbonyl (C=O) groups is 1. The summed E-state index contributed by atoms with van der Waals surface area (Å²) in [5.74, 6) is 0.708. The monoisotopic (exact) mass is 421 g/mol. The van der Waals surface area contributed by atoms with Crippen LogP contribution in [-0.2, 0) is 6.54 Å². The second-order valence-corrected chi connectivity index (χ2v) is 7.70. The molecule has 1 N–H and O–H groups in total. The van der Waals surface area contributed by atoms with Gasteiger partial charge in [-0.3, -0.25) is 4.79 Å². The fourth-order valence-electron chi connectivity index (χ4n) is 3.72. The van der Waals surface area contributed by atoms with Gasteiger partial charge in [0.2, 0.25) is 5.82 Å². The maximum absolute atomic E-state index is 12.8. The van der Waals surface area contributed by atoms with E-state index in [0.717, 1.165) is 24.4 Å². The number of amides is 1. The highest BCUT2D eigenvalue weighted by molar-refractivity contribution is 5.90. The maximum Gasteiger partial charge on any atom is 0.293 e. The van der Waals surface area contributed by atoms with Gasteiger partial charge in [-0.1, -0.05) is 24.3 Å². The molecule has 31 heavy (non-hydrogen) atoms. The van der Waals surface area contributed by atoms with Gasteiger partial charge in [0.25, 0.3) is 5.91 Å². The van der Waals surface area contributed by atoms with Gasteiger partial charge in [0, 0.05) is 31.9 Å². The maximum atomic E-state index is 12.8. The largest absolute Gasteiger partial charge is 0.497 e. The zero-order chi connectivity index (χ0) is 21.8. The van der Waals surface area contributed by atoms with Crippen molar-refractivity contribution in [3.63, 3.8) is 0 Å². The first kappa shape index (κ1) is 20.9. The Hall–Kier alpha value is -3.39. The normalized spacial score (nSPS) is 15.1. The molecular weight excluding hydrogens is 394 g/mol. The number of nitrogens with zero attached hydrogens (tertiary/aromatic N) is 5. The van der Waals surface area contributed by atoms with Crippen LogP contribution < -0.4 is 9.64 Å². The van der Waals surface area contributed by atoms with Crippen LogP contribution in [0.1, 0.15) is 27.8 Å². The SMILES string of the molecule is COc1ccc([C@H](O)Cn2cnc(C(=O)N3CCN(c4cccc(C)c4)CC3)n2)cc1. The molecular formula is C23H27N5O3. The van der Waals surface area contributed by atoms with Gasteiger partial charge in [-0.25, -0.2) is 9.67 Å². The second kappa shape index (κ2) is 9.18. The summed E-state index contributed by atoms with van der Waals surface area (Å²) in [7, 11) is 1.60. The summed E-state index contributed by atoms with van der Waals surface area (Å²) in [6.45, 7) is 5.08. The van der Waals surface area contributed by atoms with Crippen LogP contribution in [0.2, 0.25) is 0 Å². The lowest BCUT2D eigenvalue weighted by Crippen LogP contribution is -2.49. The quantitative estimate of drug-likeness (QED) is 0.658. The molecule has 3 aromatic rings. The molecule has 1 aromatic heterocycles. The first-order chi connectivity index (χ1) is 15.0. The molecule has 2 heterocycles. The molecule has 4 rings (SSSR count). The van der Waals surface area contributed by atoms with Gasteiger partial charge in [-0.15, -0.1) is 5.10 Å². The van der Waals surface area contributed by atoms with Crippen molar-refractivity contribution in [2.24, 2.45) is 0 Å². The van der Waals surface area contributed by atoms with Crippen LogP contribution in [0.5, 0.6) is 5.75 Å². The minimum Gasteiger partial charge on any atom is -0.497 e. The smallest absolute Gasteiger partial charge is 0.293 e. The number of anilines is 1. The molecule has 2 aromatic carbocycles. The summed E-state index contributed by atoms with van der Waals surface area (Å²) in [6, 6.07) is 15.6. The molecule has 8 nitrogen and oxygen atoms in total. The third kappa shape index (κ3) is 4.86. The molecule has 1 atom stereocenters. The molecule has 0 unspecified atom stereocenters. The number of benzene rings is 2. The topological polar surface area (TPSA) is 83.7 Å². The third-order valence-electron chi connectivity index (χ3n) is 5.52. The Bertz CT molecular complexity index is 1030. The van der Waals surface area contributed by atoms with Gasteiger partial charge < -0.3 is 19.6 Å². The summed E-state index contributed by atoms with van der Waals surface area (Å²) < 4.78 is 6.64. The molecule has 0 aliphatic carbocycles. The summed E-state index contributed by atoms with van der Waals surface area (Å²) in [6.07, 6.45) is 0.733. The predicted octanol–water partition coefficient (Wildman–Crippen LogP) is 2.29. The number of rotatable bonds is 6. The van der Waals surface area contributed by atoms with E-state index in [9.17, 15) is 9.90 Å². The molecule has 0 radical (unpaired) electrons. The van der Waals surface area contributed by atoms with Crippen LogP contribution >= 0.6 is 0 Å². The summed E-state index contributed by atoms with van der Waals surface area (Å²) in [4.78, 5) is 21.1. The number of aliphatic hydroxyl groups excluding tert-OH is 1. The summed E-state index contributed by atoms with van der Waals surface area (Å²) >= 11 is 0. The minimum absolute atomic E-state index is 0.158. The first-order valence-electron chi connectivity index (χ1n) is 10.4. The molecule has 1 fully saturated rings. The second-order valence-electron chi connectivity index (χ2n) is 7.70. The van der Waals surface area contributed by atoms with E-state index in [4.69, 9.17) is 4.74 Å². The van der Waals surface area contributed by atoms with Crippen LogP contribution in [-0.4, -0.2) is 64.0 Å². The van der Waals surface area contributed by atoms with E-state index >= 15 is 0 Å². The fraction of sp³-hybridized carbons (Fsp3) is 0.348. The fourth-order valence-corrected chi connectivity index (χ4v) is 3.72. The minimum atomic E-state index is -0.756. The highest BCUT2D eigenvalue weighted by atomic mass is 16.5. The van der Waals surface area contributed by atoms with E-state index in [-0.39, 0.29) is 18.3 Å². The van der Waals surface area contributed by atoms with Gasteiger partial charge in [-0.05, 0) is 42.3 Å². The lowest BCUT2D eigenvalue weighted by Gasteiger charge is -2.35. The number of hydrogen-bond acceptors (Lipinski definition) is 6. The highest BCUT2D eigenvalue weighted by Crippen LogP contribution is 2.20. The molecule has 0 saturated carbocycles. The van der Waals surface area contributed by atoms with E-state index < -0.39 is 6.10 Å². The van der Waals surface area contributed by atoms with Crippen LogP contribution in [0.25, 0.3) is 0 Å². The van der Waals surface area contributed by atoms with Crippen molar-refractivity contribution in [1.29, 1.82) is 0 Å². The van der Waals surface area contributed by atoms with Crippen LogP contribution in [0.3, 0.4) is 0 Å². The van der Waals surface area contributed by atoms with E-state index in [0.29, 0.717) is 13.1 Å². The summed E-state index contributed by atoms with van der Waals surface area (Å²) in [5, 5.41) is 14.8. The highest BCUT2D eigenvalue weighted by Gasteiger charge is 2.25. The molecule has 1 aliphatic heterocycles. The van der Waals surface area contributed by atoms with Crippen LogP contribution in [0.4, 0.5) is 5.69 Å². The number of piperazine rings is 1. The zero-order valence-electron chi connectivity index (χ0n) is 17.8. The van der Waals surface area contributed by atoms with Crippen molar-refractivity contribution >= 4 is 11.6 Å². The Morgan fingerprint density at radius 1 is 1.13 bits per heavy atom. The molecule has 0 spiro atoms. The molecule has 0 bridgehead atoms. The summed E-state index contributed by atoms with van der Waals surface area (Å²) in [5.41, 5.74) is 3.15. The van der Waals surface area contributed by atoms with Crippen molar-refractivity contribution in [3.8, 4) is 5.75 Å². The molecule has 1 aliphatic rings. The number of hydrogen-bond donors (Lipinski definition) is 1. The molecule has 1 saturated heterocycles. The number of aryl methyl sites for hydroxylation is 1. The number of methoxy groups -OCH3 is 1. The lowest BCUT2D eigenvalue weighted by molar-refractivity contribution is 0.0733. The molecule has 162 valence electrons. The molecule has 1 amide bonds. The Labute approximate surface area is 181 Å². The van der Waals surface area contributed by atoms with E-state index in [1.54, 1.807) is 36.3 Å². The van der Waals surface area contributed by atoms with Gasteiger partial charge in [0.1, 0.15) is 12.1 Å². The Morgan fingerprint density at radius 2 is 1.87 bits per heavy atom. The van der Waals surface area contributed by atoms with Crippen molar-refractivity contribution in [1.82, 2.24) is 19.7 Å². The van der Waals surface area contributed by atoms with Crippen molar-refractivity contribution in [3.05, 3.63) is 71.8 Å². The number of aromatic nitrogens is 3. The van der Waals surface area contributed by atoms with Crippen LogP contribution in [0.15, 0.2) is 54.9 Å². The average Bonchev–Trinajstić information content (AvgIpc) is 3.27. The standard InChI is InChI=1S/C23H27N5O3/c1-17-4-3-5-19(14-17)26-10-12-27(13-11-26)23(30)22-24-16-28(25-22)15-21(29)18-6-8-20(31-2)9-7-18/h3-9,14,16,21,29H,10-13,15H2,1-2H3/t21-/m1/s1. The van der Waals surface area contributed by atoms with Gasteiger partial charge >= 0.3 is 0 Å². The predicted molar refractivity (Wildman–Crippen MR) is 117 cm³/mol. The lowest BCUT2D eigenvalue weighted by atomic mass is 10.1. The number of ether oxygens (including phenoxy) is 1. The van der Waals surface area contributed by atoms with Crippen molar-refractivity contribution in [2.75, 3.05) is 38.2 Å². The average molecular weight is 422 g/mol. The Morgan fingerprint density at radius 3 is 2.55 bits per heavy atom. The van der Waals surface area contributed by atoms with Gasteiger partial charge in [0.05, 0.1) is 19.8 Å². The van der Waals surface area contributed by atoms with Crippen LogP contribution in [0, 0.1) is 6.92 Å². The number of aliphatic hydroxyl groups is 1. The van der Waals surface area contributed by atoms with Gasteiger partial charge in [-0.2, -0.15) is 0 Å². The van der Waals surface area contributed by atoms with E-state index in [1.807, 2.05) is 0 Å². The van der Waals surface area contributed by atoms with E-state index in [2.05, 4.69) is 46.2 Å². The van der Waals surface area contributed by atoms with Crippen molar-refractivity contribution in [2.45, 2.75) is 19.6 Å². The molecule has 8 heteroatoms. The third-order valence-corrected chi connectivity index (χ3v) is 5.52.